The van der Waals surface area contributed by atoms with Gasteiger partial charge in [0.05, 0.1) is 16.0 Å². The van der Waals surface area contributed by atoms with Crippen molar-refractivity contribution in [2.45, 2.75) is 0 Å². The van der Waals surface area contributed by atoms with Crippen molar-refractivity contribution in [1.82, 2.24) is 0 Å². The van der Waals surface area contributed by atoms with E-state index in [4.69, 9.17) is 32.4 Å². The van der Waals surface area contributed by atoms with Crippen LogP contribution in [0.3, 0.4) is 0 Å². The van der Waals surface area contributed by atoms with Crippen molar-refractivity contribution in [1.29, 1.82) is 0 Å². The molecule has 1 heterocycles. The monoisotopic (exact) mass is 428 g/mol. The summed E-state index contributed by atoms with van der Waals surface area (Å²) in [5.74, 6) is -1.66. The standard InChI is InChI=1S/C22H11Cl2FO4/c23-13-7-10-15(17(24)11-13)20-21(19(26)16-3-1-2-4-18(16)28-20)29-22(27)12-5-8-14(25)9-6-12/h1-11H. The van der Waals surface area contributed by atoms with Crippen molar-refractivity contribution < 1.29 is 18.3 Å². The molecule has 0 spiro atoms. The third-order valence-electron chi connectivity index (χ3n) is 4.21. The number of para-hydroxylation sites is 1. The number of benzene rings is 3. The van der Waals surface area contributed by atoms with Gasteiger partial charge in [0.25, 0.3) is 0 Å². The van der Waals surface area contributed by atoms with E-state index in [9.17, 15) is 14.0 Å². The van der Waals surface area contributed by atoms with Gasteiger partial charge in [0.1, 0.15) is 11.4 Å². The molecule has 1 aromatic heterocycles. The van der Waals surface area contributed by atoms with Crippen LogP contribution in [-0.4, -0.2) is 5.97 Å². The number of hydrogen-bond donors (Lipinski definition) is 0. The Hall–Kier alpha value is -3.15. The van der Waals surface area contributed by atoms with Crippen LogP contribution in [0.1, 0.15) is 10.4 Å². The van der Waals surface area contributed by atoms with E-state index in [1.165, 1.54) is 18.2 Å². The first kappa shape index (κ1) is 19.2. The van der Waals surface area contributed by atoms with Crippen molar-refractivity contribution in [2.75, 3.05) is 0 Å². The first-order chi connectivity index (χ1) is 13.9. The molecule has 0 bridgehead atoms. The third-order valence-corrected chi connectivity index (χ3v) is 4.75. The SMILES string of the molecule is O=C(Oc1c(-c2ccc(Cl)cc2Cl)oc2ccccc2c1=O)c1ccc(F)cc1. The molecule has 0 amide bonds. The molecule has 0 unspecified atom stereocenters. The van der Waals surface area contributed by atoms with E-state index in [0.717, 1.165) is 12.1 Å². The number of esters is 1. The van der Waals surface area contributed by atoms with Crippen molar-refractivity contribution in [3.63, 3.8) is 0 Å². The second-order valence-electron chi connectivity index (χ2n) is 6.11. The van der Waals surface area contributed by atoms with Crippen LogP contribution in [0.2, 0.25) is 10.0 Å². The lowest BCUT2D eigenvalue weighted by atomic mass is 10.1. The minimum Gasteiger partial charge on any atom is -0.452 e. The summed E-state index contributed by atoms with van der Waals surface area (Å²) < 4.78 is 24.4. The van der Waals surface area contributed by atoms with E-state index < -0.39 is 17.2 Å². The fraction of sp³-hybridized carbons (Fsp3) is 0. The molecular weight excluding hydrogens is 418 g/mol. The second kappa shape index (κ2) is 7.70. The molecule has 3 aromatic carbocycles. The van der Waals surface area contributed by atoms with Gasteiger partial charge >= 0.3 is 5.97 Å². The van der Waals surface area contributed by atoms with Crippen LogP contribution in [-0.2, 0) is 0 Å². The molecule has 4 rings (SSSR count). The van der Waals surface area contributed by atoms with Gasteiger partial charge in [-0.15, -0.1) is 0 Å². The molecule has 0 atom stereocenters. The van der Waals surface area contributed by atoms with Crippen molar-refractivity contribution in [3.05, 3.63) is 98.4 Å². The summed E-state index contributed by atoms with van der Waals surface area (Å²) in [6, 6.07) is 15.9. The number of carbonyl (C=O) groups is 1. The zero-order valence-corrected chi connectivity index (χ0v) is 16.1. The Morgan fingerprint density at radius 3 is 2.41 bits per heavy atom. The van der Waals surface area contributed by atoms with Crippen LogP contribution < -0.4 is 10.2 Å². The van der Waals surface area contributed by atoms with Crippen molar-refractivity contribution in [3.8, 4) is 17.1 Å². The summed E-state index contributed by atoms with van der Waals surface area (Å²) in [5.41, 5.74) is 0.177. The minimum atomic E-state index is -0.834. The lowest BCUT2D eigenvalue weighted by Gasteiger charge is -2.12. The van der Waals surface area contributed by atoms with Gasteiger partial charge in [-0.1, -0.05) is 35.3 Å². The van der Waals surface area contributed by atoms with E-state index in [1.54, 1.807) is 36.4 Å². The molecular formula is C22H11Cl2FO4. The predicted octanol–water partition coefficient (Wildman–Crippen LogP) is 6.13. The van der Waals surface area contributed by atoms with Gasteiger partial charge in [0.15, 0.2) is 5.76 Å². The smallest absolute Gasteiger partial charge is 0.343 e. The van der Waals surface area contributed by atoms with Crippen LogP contribution in [0.4, 0.5) is 4.39 Å². The molecule has 0 aliphatic carbocycles. The Morgan fingerprint density at radius 1 is 0.966 bits per heavy atom. The van der Waals surface area contributed by atoms with Gasteiger partial charge in [0.2, 0.25) is 11.2 Å². The molecule has 0 radical (unpaired) electrons. The molecule has 4 nitrogen and oxygen atoms in total. The Kier molecular flexibility index (Phi) is 5.09. The van der Waals surface area contributed by atoms with Gasteiger partial charge in [-0.25, -0.2) is 9.18 Å². The number of fused-ring (bicyclic) bond motifs is 1. The van der Waals surface area contributed by atoms with Crippen LogP contribution in [0, 0.1) is 5.82 Å². The van der Waals surface area contributed by atoms with Gasteiger partial charge in [-0.05, 0) is 54.6 Å². The van der Waals surface area contributed by atoms with E-state index in [2.05, 4.69) is 0 Å². The molecule has 0 saturated heterocycles. The average Bonchev–Trinajstić information content (AvgIpc) is 2.71. The first-order valence-corrected chi connectivity index (χ1v) is 9.18. The molecule has 0 aliphatic rings. The minimum absolute atomic E-state index is 0.00849. The van der Waals surface area contributed by atoms with Gasteiger partial charge < -0.3 is 9.15 Å². The van der Waals surface area contributed by atoms with Crippen LogP contribution in [0.15, 0.2) is 75.9 Å². The fourth-order valence-corrected chi connectivity index (χ4v) is 3.30. The van der Waals surface area contributed by atoms with Crippen molar-refractivity contribution in [2.24, 2.45) is 0 Å². The van der Waals surface area contributed by atoms with Crippen LogP contribution >= 0.6 is 23.2 Å². The van der Waals surface area contributed by atoms with Crippen LogP contribution in [0.5, 0.6) is 5.75 Å². The summed E-state index contributed by atoms with van der Waals surface area (Å²) in [6.07, 6.45) is 0. The van der Waals surface area contributed by atoms with Gasteiger partial charge in [-0.2, -0.15) is 0 Å². The Labute approximate surface area is 174 Å². The number of carbonyl (C=O) groups excluding carboxylic acids is 1. The molecule has 29 heavy (non-hydrogen) atoms. The van der Waals surface area contributed by atoms with Crippen molar-refractivity contribution >= 4 is 40.1 Å². The van der Waals surface area contributed by atoms with E-state index in [1.807, 2.05) is 0 Å². The highest BCUT2D eigenvalue weighted by atomic mass is 35.5. The molecule has 0 aliphatic heterocycles. The highest BCUT2D eigenvalue weighted by molar-refractivity contribution is 6.36. The van der Waals surface area contributed by atoms with Gasteiger partial charge in [0, 0.05) is 10.6 Å². The normalized spacial score (nSPS) is 10.9. The maximum Gasteiger partial charge on any atom is 0.343 e. The Balaban J connectivity index is 1.91. The number of halogens is 3. The zero-order chi connectivity index (χ0) is 20.5. The molecule has 0 saturated carbocycles. The summed E-state index contributed by atoms with van der Waals surface area (Å²) in [5, 5.41) is 0.852. The summed E-state index contributed by atoms with van der Waals surface area (Å²) >= 11 is 12.2. The molecule has 144 valence electrons. The molecule has 7 heteroatoms. The Morgan fingerprint density at radius 2 is 1.69 bits per heavy atom. The summed E-state index contributed by atoms with van der Waals surface area (Å²) in [6.45, 7) is 0. The zero-order valence-electron chi connectivity index (χ0n) is 14.6. The van der Waals surface area contributed by atoms with Crippen LogP contribution in [0.25, 0.3) is 22.3 Å². The maximum atomic E-state index is 13.1. The average molecular weight is 429 g/mol. The lowest BCUT2D eigenvalue weighted by Crippen LogP contribution is -2.16. The molecule has 4 aromatic rings. The summed E-state index contributed by atoms with van der Waals surface area (Å²) in [4.78, 5) is 25.6. The van der Waals surface area contributed by atoms with Gasteiger partial charge in [-0.3, -0.25) is 4.79 Å². The maximum absolute atomic E-state index is 13.1. The number of hydrogen-bond acceptors (Lipinski definition) is 4. The second-order valence-corrected chi connectivity index (χ2v) is 6.95. The summed E-state index contributed by atoms with van der Waals surface area (Å²) in [7, 11) is 0. The first-order valence-electron chi connectivity index (χ1n) is 8.43. The molecule has 0 fully saturated rings. The fourth-order valence-electron chi connectivity index (χ4n) is 2.81. The van der Waals surface area contributed by atoms with E-state index in [0.29, 0.717) is 16.2 Å². The largest absolute Gasteiger partial charge is 0.452 e. The van der Waals surface area contributed by atoms with E-state index in [-0.39, 0.29) is 27.5 Å². The predicted molar refractivity (Wildman–Crippen MR) is 109 cm³/mol. The highest BCUT2D eigenvalue weighted by Crippen LogP contribution is 2.36. The number of rotatable bonds is 3. The Bertz CT molecular complexity index is 1300. The highest BCUT2D eigenvalue weighted by Gasteiger charge is 2.23. The topological polar surface area (TPSA) is 56.5 Å². The third kappa shape index (κ3) is 3.75. The van der Waals surface area contributed by atoms with E-state index >= 15 is 0 Å². The molecule has 0 N–H and O–H groups in total. The lowest BCUT2D eigenvalue weighted by molar-refractivity contribution is 0.0731. The number of ether oxygens (including phenoxy) is 1. The quantitative estimate of drug-likeness (QED) is 0.368.